The van der Waals surface area contributed by atoms with E-state index >= 15 is 0 Å². The number of likely N-dealkylation sites (tertiary alicyclic amines) is 1. The molecule has 0 radical (unpaired) electrons. The zero-order valence-electron chi connectivity index (χ0n) is 10.0. The molecule has 98 valence electrons. The summed E-state index contributed by atoms with van der Waals surface area (Å²) in [6, 6.07) is 0. The zero-order valence-corrected chi connectivity index (χ0v) is 10.8. The van der Waals surface area contributed by atoms with Crippen LogP contribution in [0.1, 0.15) is 25.7 Å². The van der Waals surface area contributed by atoms with Crippen molar-refractivity contribution in [3.05, 3.63) is 0 Å². The number of nitrogens with zero attached hydrogens (tertiary/aromatic N) is 1. The van der Waals surface area contributed by atoms with Gasteiger partial charge in [0.25, 0.3) is 0 Å². The first-order valence-corrected chi connectivity index (χ1v) is 7.11. The van der Waals surface area contributed by atoms with E-state index in [-0.39, 0.29) is 18.7 Å². The van der Waals surface area contributed by atoms with Gasteiger partial charge < -0.3 is 15.1 Å². The maximum atomic E-state index is 11.7. The number of thioether (sulfide) groups is 1. The summed E-state index contributed by atoms with van der Waals surface area (Å²) < 4.78 is 0. The van der Waals surface area contributed by atoms with E-state index in [4.69, 9.17) is 5.11 Å². The summed E-state index contributed by atoms with van der Waals surface area (Å²) in [4.78, 5) is 24.2. The minimum atomic E-state index is -1.64. The summed E-state index contributed by atoms with van der Waals surface area (Å²) in [6.07, 6.45) is 3.59. The average Bonchev–Trinajstić information content (AvgIpc) is 2.30. The van der Waals surface area contributed by atoms with Crippen LogP contribution in [0.4, 0.5) is 0 Å². The summed E-state index contributed by atoms with van der Waals surface area (Å²) in [5.41, 5.74) is -1.64. The van der Waals surface area contributed by atoms with E-state index < -0.39 is 11.6 Å². The molecule has 6 heteroatoms. The van der Waals surface area contributed by atoms with Crippen molar-refractivity contribution in [1.82, 2.24) is 4.90 Å². The van der Waals surface area contributed by atoms with E-state index in [2.05, 4.69) is 0 Å². The normalized spacial score (nSPS) is 19.1. The van der Waals surface area contributed by atoms with E-state index in [9.17, 15) is 14.7 Å². The molecule has 1 heterocycles. The first kappa shape index (κ1) is 14.3. The molecule has 1 aliphatic rings. The number of aliphatic hydroxyl groups is 1. The average molecular weight is 261 g/mol. The van der Waals surface area contributed by atoms with Crippen LogP contribution in [-0.4, -0.2) is 57.7 Å². The molecule has 5 nitrogen and oxygen atoms in total. The Morgan fingerprint density at radius 3 is 2.41 bits per heavy atom. The van der Waals surface area contributed by atoms with E-state index in [1.54, 1.807) is 16.7 Å². The van der Waals surface area contributed by atoms with Crippen molar-refractivity contribution >= 4 is 23.6 Å². The van der Waals surface area contributed by atoms with E-state index in [1.807, 2.05) is 6.26 Å². The van der Waals surface area contributed by atoms with Crippen LogP contribution >= 0.6 is 11.8 Å². The van der Waals surface area contributed by atoms with Crippen molar-refractivity contribution < 1.29 is 19.8 Å². The second kappa shape index (κ2) is 6.26. The van der Waals surface area contributed by atoms with Crippen LogP contribution in [0, 0.1) is 0 Å². The number of rotatable bonds is 5. The Balaban J connectivity index is 2.36. The molecule has 0 saturated carbocycles. The van der Waals surface area contributed by atoms with Gasteiger partial charge in [-0.05, 0) is 18.4 Å². The SMILES string of the molecule is CSCCCC(=O)N1CCC(O)(C(=O)O)CC1. The third kappa shape index (κ3) is 3.89. The number of carbonyl (C=O) groups excluding carboxylic acids is 1. The zero-order chi connectivity index (χ0) is 12.9. The summed E-state index contributed by atoms with van der Waals surface area (Å²) in [5, 5.41) is 18.6. The molecular weight excluding hydrogens is 242 g/mol. The smallest absolute Gasteiger partial charge is 0.335 e. The van der Waals surface area contributed by atoms with Crippen LogP contribution in [0.25, 0.3) is 0 Å². The van der Waals surface area contributed by atoms with E-state index in [1.165, 1.54) is 0 Å². The van der Waals surface area contributed by atoms with Gasteiger partial charge in [0, 0.05) is 32.4 Å². The predicted octanol–water partition coefficient (Wildman–Crippen LogP) is 0.568. The first-order valence-electron chi connectivity index (χ1n) is 5.72. The van der Waals surface area contributed by atoms with Gasteiger partial charge in [-0.2, -0.15) is 11.8 Å². The topological polar surface area (TPSA) is 77.8 Å². The monoisotopic (exact) mass is 261 g/mol. The third-order valence-electron chi connectivity index (χ3n) is 3.08. The van der Waals surface area contributed by atoms with Crippen LogP contribution in [-0.2, 0) is 9.59 Å². The number of hydrogen-bond acceptors (Lipinski definition) is 4. The summed E-state index contributed by atoms with van der Waals surface area (Å²) >= 11 is 1.71. The molecule has 1 aliphatic heterocycles. The lowest BCUT2D eigenvalue weighted by Crippen LogP contribution is -2.50. The fourth-order valence-corrected chi connectivity index (χ4v) is 2.30. The Hall–Kier alpha value is -0.750. The molecule has 0 unspecified atom stereocenters. The molecule has 0 bridgehead atoms. The second-order valence-corrected chi connectivity index (χ2v) is 5.30. The highest BCUT2D eigenvalue weighted by Gasteiger charge is 2.40. The lowest BCUT2D eigenvalue weighted by atomic mass is 9.91. The highest BCUT2D eigenvalue weighted by Crippen LogP contribution is 2.23. The van der Waals surface area contributed by atoms with Gasteiger partial charge in [0.1, 0.15) is 0 Å². The molecule has 0 atom stereocenters. The van der Waals surface area contributed by atoms with Crippen LogP contribution in [0.5, 0.6) is 0 Å². The number of amides is 1. The van der Waals surface area contributed by atoms with Crippen LogP contribution in [0.3, 0.4) is 0 Å². The molecule has 1 fully saturated rings. The number of piperidine rings is 1. The Kier molecular flexibility index (Phi) is 5.27. The second-order valence-electron chi connectivity index (χ2n) is 4.31. The Bertz CT molecular complexity index is 287. The molecule has 1 saturated heterocycles. The molecule has 0 aromatic rings. The van der Waals surface area contributed by atoms with Gasteiger partial charge in [0.05, 0.1) is 0 Å². The molecule has 0 aromatic heterocycles. The quantitative estimate of drug-likeness (QED) is 0.707. The Morgan fingerprint density at radius 1 is 1.35 bits per heavy atom. The maximum absolute atomic E-state index is 11.7. The summed E-state index contributed by atoms with van der Waals surface area (Å²) in [5.74, 6) is -0.169. The summed E-state index contributed by atoms with van der Waals surface area (Å²) in [6.45, 7) is 0.668. The van der Waals surface area contributed by atoms with Gasteiger partial charge in [-0.3, -0.25) is 4.79 Å². The van der Waals surface area contributed by atoms with Gasteiger partial charge >= 0.3 is 5.97 Å². The Morgan fingerprint density at radius 2 is 1.94 bits per heavy atom. The van der Waals surface area contributed by atoms with Crippen molar-refractivity contribution in [2.75, 3.05) is 25.1 Å². The lowest BCUT2D eigenvalue weighted by molar-refractivity contribution is -0.165. The van der Waals surface area contributed by atoms with Gasteiger partial charge in [0.2, 0.25) is 5.91 Å². The predicted molar refractivity (Wildman–Crippen MR) is 66.0 cm³/mol. The number of aliphatic carboxylic acids is 1. The number of hydrogen-bond donors (Lipinski definition) is 2. The van der Waals surface area contributed by atoms with Crippen molar-refractivity contribution in [2.45, 2.75) is 31.3 Å². The first-order chi connectivity index (χ1) is 7.99. The van der Waals surface area contributed by atoms with Crippen molar-refractivity contribution in [2.24, 2.45) is 0 Å². The minimum absolute atomic E-state index is 0.0616. The van der Waals surface area contributed by atoms with Gasteiger partial charge in [-0.1, -0.05) is 0 Å². The van der Waals surface area contributed by atoms with Crippen LogP contribution in [0.15, 0.2) is 0 Å². The lowest BCUT2D eigenvalue weighted by Gasteiger charge is -2.35. The standard InChI is InChI=1S/C11H19NO4S/c1-17-8-2-3-9(13)12-6-4-11(16,5-7-12)10(14)15/h16H,2-8H2,1H3,(H,14,15). The van der Waals surface area contributed by atoms with Crippen molar-refractivity contribution in [1.29, 1.82) is 0 Å². The fourth-order valence-electron chi connectivity index (χ4n) is 1.87. The van der Waals surface area contributed by atoms with E-state index in [0.717, 1.165) is 12.2 Å². The minimum Gasteiger partial charge on any atom is -0.479 e. The van der Waals surface area contributed by atoms with Gasteiger partial charge in [-0.15, -0.1) is 0 Å². The van der Waals surface area contributed by atoms with Gasteiger partial charge in [0.15, 0.2) is 5.60 Å². The molecule has 1 rings (SSSR count). The molecule has 0 aliphatic carbocycles. The van der Waals surface area contributed by atoms with Gasteiger partial charge in [-0.25, -0.2) is 4.79 Å². The molecular formula is C11H19NO4S. The number of carbonyl (C=O) groups is 2. The molecule has 17 heavy (non-hydrogen) atoms. The molecule has 0 spiro atoms. The molecule has 1 amide bonds. The van der Waals surface area contributed by atoms with Crippen molar-refractivity contribution in [3.8, 4) is 0 Å². The third-order valence-corrected chi connectivity index (χ3v) is 3.78. The Labute approximate surface area is 105 Å². The van der Waals surface area contributed by atoms with Crippen LogP contribution < -0.4 is 0 Å². The molecule has 0 aromatic carbocycles. The number of carboxylic acid groups (broad SMARTS) is 1. The fraction of sp³-hybridized carbons (Fsp3) is 0.818. The number of carboxylic acids is 1. The molecule has 2 N–H and O–H groups in total. The summed E-state index contributed by atoms with van der Waals surface area (Å²) in [7, 11) is 0. The highest BCUT2D eigenvalue weighted by atomic mass is 32.2. The largest absolute Gasteiger partial charge is 0.479 e. The highest BCUT2D eigenvalue weighted by molar-refractivity contribution is 7.98. The van der Waals surface area contributed by atoms with Crippen molar-refractivity contribution in [3.63, 3.8) is 0 Å². The van der Waals surface area contributed by atoms with E-state index in [0.29, 0.717) is 19.5 Å². The maximum Gasteiger partial charge on any atom is 0.335 e. The van der Waals surface area contributed by atoms with Crippen LogP contribution in [0.2, 0.25) is 0 Å².